The molecule has 3 N–H and O–H groups in total. The van der Waals surface area contributed by atoms with Gasteiger partial charge in [0.2, 0.25) is 11.9 Å². The molecule has 0 bridgehead atoms. The third-order valence-corrected chi connectivity index (χ3v) is 6.35. The summed E-state index contributed by atoms with van der Waals surface area (Å²) in [5, 5.41) is 14.8. The van der Waals surface area contributed by atoms with Crippen molar-refractivity contribution in [2.45, 2.75) is 44.9 Å². The van der Waals surface area contributed by atoms with E-state index < -0.39 is 35.6 Å². The van der Waals surface area contributed by atoms with Crippen LogP contribution in [0, 0.1) is 0 Å². The maximum absolute atomic E-state index is 12.9. The highest BCUT2D eigenvalue weighted by Gasteiger charge is 2.30. The van der Waals surface area contributed by atoms with Crippen LogP contribution in [0.3, 0.4) is 0 Å². The zero-order valence-corrected chi connectivity index (χ0v) is 24.7. The predicted octanol–water partition coefficient (Wildman–Crippen LogP) is 6.83. The summed E-state index contributed by atoms with van der Waals surface area (Å²) in [6.07, 6.45) is -9.53. The SMILES string of the molecule is CC(Oc1ccc(OCCCOc2nc(NCc3ccc(C(F)(F)F)cc3)nc(NCc3ccc(C(F)(F)F)cc3)n2)cc1)C(=O)O. The predicted molar refractivity (Wildman–Crippen MR) is 157 cm³/mol. The first kappa shape index (κ1) is 34.6. The van der Waals surface area contributed by atoms with Gasteiger partial charge in [-0.25, -0.2) is 4.79 Å². The van der Waals surface area contributed by atoms with E-state index in [1.165, 1.54) is 31.2 Å². The molecule has 4 rings (SSSR count). The first-order valence-electron chi connectivity index (χ1n) is 14.1. The smallest absolute Gasteiger partial charge is 0.416 e. The van der Waals surface area contributed by atoms with E-state index in [2.05, 4.69) is 25.6 Å². The molecule has 1 heterocycles. The summed E-state index contributed by atoms with van der Waals surface area (Å²) < 4.78 is 94.0. The van der Waals surface area contributed by atoms with Gasteiger partial charge in [-0.05, 0) is 66.6 Å². The molecule has 0 radical (unpaired) electrons. The van der Waals surface area contributed by atoms with E-state index in [9.17, 15) is 31.1 Å². The summed E-state index contributed by atoms with van der Waals surface area (Å²) in [5.74, 6) is -0.116. The Labute approximate surface area is 264 Å². The number of carboxylic acid groups (broad SMARTS) is 1. The molecular weight excluding hydrogens is 636 g/mol. The Kier molecular flexibility index (Phi) is 11.3. The molecule has 0 saturated carbocycles. The second-order valence-corrected chi connectivity index (χ2v) is 9.98. The van der Waals surface area contributed by atoms with Gasteiger partial charge in [0.25, 0.3) is 0 Å². The van der Waals surface area contributed by atoms with Gasteiger partial charge in [-0.15, -0.1) is 0 Å². The Balaban J connectivity index is 1.36. The van der Waals surface area contributed by atoms with Crippen molar-refractivity contribution >= 4 is 17.9 Å². The van der Waals surface area contributed by atoms with E-state index in [1.807, 2.05) is 0 Å². The van der Waals surface area contributed by atoms with Crippen molar-refractivity contribution in [2.24, 2.45) is 0 Å². The summed E-state index contributed by atoms with van der Waals surface area (Å²) in [6.45, 7) is 1.93. The van der Waals surface area contributed by atoms with Gasteiger partial charge >= 0.3 is 24.3 Å². The molecule has 47 heavy (non-hydrogen) atoms. The fourth-order valence-electron chi connectivity index (χ4n) is 3.85. The van der Waals surface area contributed by atoms with Crippen LogP contribution in [0.15, 0.2) is 72.8 Å². The highest BCUT2D eigenvalue weighted by atomic mass is 19.4. The highest BCUT2D eigenvalue weighted by molar-refractivity contribution is 5.72. The number of hydrogen-bond acceptors (Lipinski definition) is 9. The molecule has 1 unspecified atom stereocenters. The number of halogens is 6. The maximum Gasteiger partial charge on any atom is 0.416 e. The number of nitrogens with zero attached hydrogens (tertiary/aromatic N) is 3. The molecule has 0 spiro atoms. The van der Waals surface area contributed by atoms with Crippen LogP contribution in [-0.2, 0) is 30.2 Å². The molecule has 0 aliphatic carbocycles. The van der Waals surface area contributed by atoms with Crippen molar-refractivity contribution in [3.8, 4) is 17.5 Å². The molecule has 1 atom stereocenters. The van der Waals surface area contributed by atoms with Crippen molar-refractivity contribution < 1.29 is 50.5 Å². The molecule has 0 aliphatic rings. The molecule has 250 valence electrons. The largest absolute Gasteiger partial charge is 0.493 e. The first-order valence-corrected chi connectivity index (χ1v) is 14.1. The van der Waals surface area contributed by atoms with Gasteiger partial charge in [-0.2, -0.15) is 41.3 Å². The number of hydrogen-bond donors (Lipinski definition) is 3. The molecule has 16 heteroatoms. The van der Waals surface area contributed by atoms with Crippen LogP contribution in [0.5, 0.6) is 17.5 Å². The number of alkyl halides is 6. The number of benzene rings is 3. The molecular formula is C31H29F6N5O5. The molecule has 1 aromatic heterocycles. The van der Waals surface area contributed by atoms with Crippen LogP contribution in [0.4, 0.5) is 38.2 Å². The van der Waals surface area contributed by atoms with Crippen molar-refractivity contribution in [3.05, 3.63) is 95.1 Å². The van der Waals surface area contributed by atoms with E-state index in [0.717, 1.165) is 24.3 Å². The minimum Gasteiger partial charge on any atom is -0.493 e. The van der Waals surface area contributed by atoms with Gasteiger partial charge in [-0.1, -0.05) is 24.3 Å². The third-order valence-electron chi connectivity index (χ3n) is 6.35. The Morgan fingerprint density at radius 3 is 1.60 bits per heavy atom. The minimum atomic E-state index is -4.47. The number of ether oxygens (including phenoxy) is 3. The molecule has 0 aliphatic heterocycles. The zero-order valence-electron chi connectivity index (χ0n) is 24.7. The van der Waals surface area contributed by atoms with Crippen molar-refractivity contribution in [2.75, 3.05) is 23.8 Å². The number of carbonyl (C=O) groups is 1. The molecule has 0 saturated heterocycles. The molecule has 10 nitrogen and oxygen atoms in total. The summed E-state index contributed by atoms with van der Waals surface area (Å²) >= 11 is 0. The lowest BCUT2D eigenvalue weighted by molar-refractivity contribution is -0.144. The number of carboxylic acids is 1. The summed E-state index contributed by atoms with van der Waals surface area (Å²) in [5.41, 5.74) is -0.527. The van der Waals surface area contributed by atoms with E-state index >= 15 is 0 Å². The number of aliphatic carboxylic acids is 1. The summed E-state index contributed by atoms with van der Waals surface area (Å²) in [7, 11) is 0. The fraction of sp³-hybridized carbons (Fsp3) is 0.290. The van der Waals surface area contributed by atoms with Crippen molar-refractivity contribution in [1.82, 2.24) is 15.0 Å². The quantitative estimate of drug-likeness (QED) is 0.0918. The fourth-order valence-corrected chi connectivity index (χ4v) is 3.85. The normalized spacial score (nSPS) is 12.2. The van der Waals surface area contributed by atoms with Gasteiger partial charge in [0.15, 0.2) is 6.10 Å². The van der Waals surface area contributed by atoms with E-state index in [1.54, 1.807) is 24.3 Å². The van der Waals surface area contributed by atoms with Crippen molar-refractivity contribution in [3.63, 3.8) is 0 Å². The highest BCUT2D eigenvalue weighted by Crippen LogP contribution is 2.30. The van der Waals surface area contributed by atoms with Crippen LogP contribution < -0.4 is 24.8 Å². The van der Waals surface area contributed by atoms with Gasteiger partial charge in [0.1, 0.15) is 11.5 Å². The summed E-state index contributed by atoms with van der Waals surface area (Å²) in [6, 6.07) is 15.4. The topological polar surface area (TPSA) is 128 Å². The van der Waals surface area contributed by atoms with E-state index in [0.29, 0.717) is 29.0 Å². The van der Waals surface area contributed by atoms with Crippen LogP contribution in [-0.4, -0.2) is 45.3 Å². The second-order valence-electron chi connectivity index (χ2n) is 9.98. The first-order chi connectivity index (χ1) is 22.3. The molecule has 0 fully saturated rings. The molecule has 3 aromatic carbocycles. The van der Waals surface area contributed by atoms with Gasteiger partial charge < -0.3 is 30.0 Å². The van der Waals surface area contributed by atoms with Crippen LogP contribution >= 0.6 is 0 Å². The number of anilines is 2. The van der Waals surface area contributed by atoms with Gasteiger partial charge in [0, 0.05) is 19.5 Å². The lowest BCUT2D eigenvalue weighted by Crippen LogP contribution is -2.22. The number of rotatable bonds is 15. The van der Waals surface area contributed by atoms with Crippen LogP contribution in [0.2, 0.25) is 0 Å². The Hall–Kier alpha value is -5.28. The number of aromatic nitrogens is 3. The Morgan fingerprint density at radius 1 is 0.702 bits per heavy atom. The maximum atomic E-state index is 12.9. The van der Waals surface area contributed by atoms with E-state index in [-0.39, 0.29) is 44.2 Å². The monoisotopic (exact) mass is 665 g/mol. The summed E-state index contributed by atoms with van der Waals surface area (Å²) in [4.78, 5) is 23.6. The second kappa shape index (κ2) is 15.3. The molecule has 0 amide bonds. The average molecular weight is 666 g/mol. The standard InChI is InChI=1S/C31H29F6N5O5/c1-19(26(43)44)47-25-13-11-24(12-14-25)45-15-2-16-46-29-41-27(38-17-20-3-7-22(8-4-20)30(32,33)34)40-28(42-29)39-18-21-5-9-23(10-6-21)31(35,36)37/h3-14,19H,2,15-18H2,1H3,(H,43,44)(H2,38,39,40,41,42). The van der Waals surface area contributed by atoms with Gasteiger partial charge in [-0.3, -0.25) is 0 Å². The van der Waals surface area contributed by atoms with Crippen LogP contribution in [0.25, 0.3) is 0 Å². The minimum absolute atomic E-state index is 0.0422. The molecule has 4 aromatic rings. The van der Waals surface area contributed by atoms with Crippen molar-refractivity contribution in [1.29, 1.82) is 0 Å². The zero-order chi connectivity index (χ0) is 34.0. The van der Waals surface area contributed by atoms with Crippen LogP contribution in [0.1, 0.15) is 35.6 Å². The van der Waals surface area contributed by atoms with Gasteiger partial charge in [0.05, 0.1) is 24.3 Å². The van der Waals surface area contributed by atoms with E-state index in [4.69, 9.17) is 19.3 Å². The Morgan fingerprint density at radius 2 is 1.15 bits per heavy atom. The average Bonchev–Trinajstić information content (AvgIpc) is 3.03. The lowest BCUT2D eigenvalue weighted by Gasteiger charge is -2.13. The third kappa shape index (κ3) is 10.9. The number of nitrogens with one attached hydrogen (secondary N) is 2. The lowest BCUT2D eigenvalue weighted by atomic mass is 10.1. The Bertz CT molecular complexity index is 1520.